The molecule has 42 heavy (non-hydrogen) atoms. The van der Waals surface area contributed by atoms with Crippen LogP contribution in [0.3, 0.4) is 0 Å². The van der Waals surface area contributed by atoms with Crippen molar-refractivity contribution >= 4 is 57.1 Å². The van der Waals surface area contributed by atoms with Gasteiger partial charge in [0.15, 0.2) is 0 Å². The Bertz CT molecular complexity index is 2010. The standard InChI is InChI=1S/C36H23N3O2S/c1-22-19-28-25(23-13-15-24(16-14-23)38-35(40)27-17-18-37-21-29(27)36(38)41)7-6-8-26(28)32(20-22)39-30-9-2-4-11-33(30)42-34-12-5-3-10-31(34)39/h2-21H,1H3. The number of nitrogens with zero attached hydrogens (tertiary/aromatic N) is 3. The molecule has 0 aliphatic carbocycles. The van der Waals surface area contributed by atoms with Gasteiger partial charge in [-0.25, -0.2) is 4.90 Å². The third kappa shape index (κ3) is 3.69. The van der Waals surface area contributed by atoms with Crippen molar-refractivity contribution < 1.29 is 9.59 Å². The molecule has 2 aliphatic rings. The van der Waals surface area contributed by atoms with Gasteiger partial charge in [0.25, 0.3) is 11.8 Å². The van der Waals surface area contributed by atoms with E-state index in [1.807, 2.05) is 24.3 Å². The second-order valence-corrected chi connectivity index (χ2v) is 11.6. The number of pyridine rings is 1. The largest absolute Gasteiger partial charge is 0.308 e. The first-order valence-corrected chi connectivity index (χ1v) is 14.5. The van der Waals surface area contributed by atoms with Gasteiger partial charge in [-0.2, -0.15) is 0 Å². The summed E-state index contributed by atoms with van der Waals surface area (Å²) in [4.78, 5) is 36.1. The molecule has 6 heteroatoms. The quantitative estimate of drug-likeness (QED) is 0.202. The van der Waals surface area contributed by atoms with Crippen molar-refractivity contribution in [3.8, 4) is 11.1 Å². The Hall–Kier alpha value is -5.20. The summed E-state index contributed by atoms with van der Waals surface area (Å²) in [7, 11) is 0. The van der Waals surface area contributed by atoms with E-state index in [0.29, 0.717) is 16.8 Å². The third-order valence-electron chi connectivity index (χ3n) is 7.92. The third-order valence-corrected chi connectivity index (χ3v) is 9.05. The number of para-hydroxylation sites is 2. The molecule has 0 saturated carbocycles. The van der Waals surface area contributed by atoms with Crippen LogP contribution in [0.2, 0.25) is 0 Å². The molecule has 6 aromatic rings. The minimum absolute atomic E-state index is 0.323. The molecule has 3 heterocycles. The van der Waals surface area contributed by atoms with E-state index in [9.17, 15) is 9.59 Å². The SMILES string of the molecule is Cc1cc(N2c3ccccc3Sc3ccccc32)c2cccc(-c3ccc(N4C(=O)c5ccncc5C4=O)cc3)c2c1. The smallest absolute Gasteiger partial charge is 0.267 e. The molecule has 5 nitrogen and oxygen atoms in total. The molecule has 0 saturated heterocycles. The summed E-state index contributed by atoms with van der Waals surface area (Å²) < 4.78 is 0. The molecule has 2 aliphatic heterocycles. The lowest BCUT2D eigenvalue weighted by atomic mass is 9.95. The van der Waals surface area contributed by atoms with E-state index in [-0.39, 0.29) is 11.8 Å². The number of rotatable bonds is 3. The molecule has 0 atom stereocenters. The fourth-order valence-electron chi connectivity index (χ4n) is 6.02. The monoisotopic (exact) mass is 561 g/mol. The molecule has 8 rings (SSSR count). The number of amides is 2. The van der Waals surface area contributed by atoms with E-state index in [4.69, 9.17) is 0 Å². The van der Waals surface area contributed by atoms with Crippen LogP contribution in [0.5, 0.6) is 0 Å². The first kappa shape index (κ1) is 24.6. The summed E-state index contributed by atoms with van der Waals surface area (Å²) in [6, 6.07) is 37.2. The Kier molecular flexibility index (Phi) is 5.52. The number of hydrogen-bond acceptors (Lipinski definition) is 5. The van der Waals surface area contributed by atoms with Crippen molar-refractivity contribution in [1.29, 1.82) is 0 Å². The van der Waals surface area contributed by atoms with Crippen LogP contribution in [-0.2, 0) is 0 Å². The normalized spacial score (nSPS) is 13.7. The first-order valence-electron chi connectivity index (χ1n) is 13.7. The van der Waals surface area contributed by atoms with Gasteiger partial charge in [0.05, 0.1) is 33.9 Å². The lowest BCUT2D eigenvalue weighted by Gasteiger charge is -2.34. The number of carbonyl (C=O) groups is 2. The van der Waals surface area contributed by atoms with Crippen molar-refractivity contribution in [2.24, 2.45) is 0 Å². The number of aryl methyl sites for hydroxylation is 1. The van der Waals surface area contributed by atoms with E-state index in [2.05, 4.69) is 95.7 Å². The number of benzene rings is 5. The van der Waals surface area contributed by atoms with Crippen molar-refractivity contribution in [3.63, 3.8) is 0 Å². The van der Waals surface area contributed by atoms with Crippen molar-refractivity contribution in [2.75, 3.05) is 9.80 Å². The fourth-order valence-corrected chi connectivity index (χ4v) is 7.07. The molecule has 2 amide bonds. The Morgan fingerprint density at radius 2 is 1.29 bits per heavy atom. The summed E-state index contributed by atoms with van der Waals surface area (Å²) >= 11 is 1.80. The van der Waals surface area contributed by atoms with Gasteiger partial charge in [-0.05, 0) is 77.5 Å². The van der Waals surface area contributed by atoms with Crippen molar-refractivity contribution in [2.45, 2.75) is 16.7 Å². The minimum atomic E-state index is -0.346. The van der Waals surface area contributed by atoms with Gasteiger partial charge in [0.1, 0.15) is 0 Å². The van der Waals surface area contributed by atoms with Gasteiger partial charge in [-0.1, -0.05) is 72.4 Å². The predicted octanol–water partition coefficient (Wildman–Crippen LogP) is 8.95. The first-order chi connectivity index (χ1) is 20.6. The number of imide groups is 1. The van der Waals surface area contributed by atoms with Crippen LogP contribution in [-0.4, -0.2) is 16.8 Å². The zero-order chi connectivity index (χ0) is 28.4. The molecule has 0 bridgehead atoms. The lowest BCUT2D eigenvalue weighted by Crippen LogP contribution is -2.29. The van der Waals surface area contributed by atoms with Crippen molar-refractivity contribution in [3.05, 3.63) is 138 Å². The van der Waals surface area contributed by atoms with Crippen LogP contribution in [0.15, 0.2) is 131 Å². The summed E-state index contributed by atoms with van der Waals surface area (Å²) in [5.74, 6) is -0.669. The highest BCUT2D eigenvalue weighted by atomic mass is 32.2. The number of hydrogen-bond donors (Lipinski definition) is 0. The number of anilines is 4. The zero-order valence-corrected chi connectivity index (χ0v) is 23.4. The van der Waals surface area contributed by atoms with Gasteiger partial charge < -0.3 is 4.90 Å². The molecule has 0 spiro atoms. The highest BCUT2D eigenvalue weighted by Crippen LogP contribution is 2.53. The maximum atomic E-state index is 13.0. The van der Waals surface area contributed by atoms with Gasteiger partial charge >= 0.3 is 0 Å². The highest BCUT2D eigenvalue weighted by Gasteiger charge is 2.36. The molecular weight excluding hydrogens is 538 g/mol. The van der Waals surface area contributed by atoms with E-state index in [0.717, 1.165) is 33.2 Å². The van der Waals surface area contributed by atoms with Gasteiger partial charge in [0.2, 0.25) is 0 Å². The van der Waals surface area contributed by atoms with Crippen LogP contribution in [0.4, 0.5) is 22.7 Å². The topological polar surface area (TPSA) is 53.5 Å². The Labute approximate surface area is 247 Å². The molecular formula is C36H23N3O2S. The molecule has 0 N–H and O–H groups in total. The van der Waals surface area contributed by atoms with E-state index in [1.165, 1.54) is 38.5 Å². The average Bonchev–Trinajstić information content (AvgIpc) is 3.28. The lowest BCUT2D eigenvalue weighted by molar-refractivity contribution is 0.0926. The maximum Gasteiger partial charge on any atom is 0.267 e. The summed E-state index contributed by atoms with van der Waals surface area (Å²) in [6.45, 7) is 2.14. The van der Waals surface area contributed by atoms with Crippen LogP contribution in [0.25, 0.3) is 21.9 Å². The van der Waals surface area contributed by atoms with Gasteiger partial charge in [-0.3, -0.25) is 14.6 Å². The minimum Gasteiger partial charge on any atom is -0.308 e. The summed E-state index contributed by atoms with van der Waals surface area (Å²) in [5.41, 5.74) is 7.98. The fraction of sp³-hybridized carbons (Fsp3) is 0.0278. The maximum absolute atomic E-state index is 13.0. The summed E-state index contributed by atoms with van der Waals surface area (Å²) in [5, 5.41) is 2.28. The second kappa shape index (κ2) is 9.43. The number of fused-ring (bicyclic) bond motifs is 4. The number of carbonyl (C=O) groups excluding carboxylic acids is 2. The number of aromatic nitrogens is 1. The van der Waals surface area contributed by atoms with Crippen molar-refractivity contribution in [1.82, 2.24) is 4.98 Å². The molecule has 200 valence electrons. The van der Waals surface area contributed by atoms with E-state index < -0.39 is 0 Å². The van der Waals surface area contributed by atoms with E-state index >= 15 is 0 Å². The Morgan fingerprint density at radius 3 is 2.00 bits per heavy atom. The molecule has 0 unspecified atom stereocenters. The van der Waals surface area contributed by atoms with Crippen LogP contribution in [0, 0.1) is 6.92 Å². The molecule has 0 fully saturated rings. The Morgan fingerprint density at radius 1 is 0.595 bits per heavy atom. The predicted molar refractivity (Wildman–Crippen MR) is 168 cm³/mol. The molecule has 0 radical (unpaired) electrons. The highest BCUT2D eigenvalue weighted by molar-refractivity contribution is 7.99. The second-order valence-electron chi connectivity index (χ2n) is 10.5. The zero-order valence-electron chi connectivity index (χ0n) is 22.6. The van der Waals surface area contributed by atoms with Gasteiger partial charge in [-0.15, -0.1) is 0 Å². The molecule has 5 aromatic carbocycles. The molecule has 1 aromatic heterocycles. The van der Waals surface area contributed by atoms with Gasteiger partial charge in [0, 0.05) is 27.6 Å². The summed E-state index contributed by atoms with van der Waals surface area (Å²) in [6.07, 6.45) is 2.99. The van der Waals surface area contributed by atoms with Crippen LogP contribution >= 0.6 is 11.8 Å². The Balaban J connectivity index is 1.25. The van der Waals surface area contributed by atoms with Crippen LogP contribution < -0.4 is 9.80 Å². The van der Waals surface area contributed by atoms with Crippen LogP contribution in [0.1, 0.15) is 26.3 Å². The van der Waals surface area contributed by atoms with E-state index in [1.54, 1.807) is 17.8 Å². The average molecular weight is 562 g/mol.